The third-order valence-electron chi connectivity index (χ3n) is 4.03. The largest absolute Gasteiger partial charge is 0.329 e. The second-order valence-electron chi connectivity index (χ2n) is 5.19. The molecule has 0 bridgehead atoms. The molecule has 1 unspecified atom stereocenters. The van der Waals surface area contributed by atoms with Crippen molar-refractivity contribution in [3.8, 4) is 0 Å². The molecule has 0 aromatic rings. The van der Waals surface area contributed by atoms with Crippen molar-refractivity contribution in [1.82, 2.24) is 4.90 Å². The fraction of sp³-hybridized carbons (Fsp3) is 1.00. The molecule has 2 rings (SSSR count). The van der Waals surface area contributed by atoms with Gasteiger partial charge in [-0.1, -0.05) is 0 Å². The fourth-order valence-electron chi connectivity index (χ4n) is 2.73. The lowest BCUT2D eigenvalue weighted by molar-refractivity contribution is 0.149. The van der Waals surface area contributed by atoms with Crippen molar-refractivity contribution in [3.05, 3.63) is 0 Å². The van der Waals surface area contributed by atoms with Crippen LogP contribution in [0, 0.1) is 5.92 Å². The molecule has 0 amide bonds. The topological polar surface area (TPSA) is 63.4 Å². The molecule has 1 saturated carbocycles. The van der Waals surface area contributed by atoms with Crippen LogP contribution >= 0.6 is 0 Å². The SMILES string of the molecule is CN(C1CCS(=O)(=O)CC1)C(CN)C1CC1. The molecule has 1 aliphatic carbocycles. The predicted molar refractivity (Wildman–Crippen MR) is 65.0 cm³/mol. The van der Waals surface area contributed by atoms with E-state index in [0.29, 0.717) is 30.1 Å². The average molecular weight is 246 g/mol. The van der Waals surface area contributed by atoms with Gasteiger partial charge in [0.1, 0.15) is 9.84 Å². The van der Waals surface area contributed by atoms with Gasteiger partial charge in [0.25, 0.3) is 0 Å². The Labute approximate surface area is 98.1 Å². The van der Waals surface area contributed by atoms with Gasteiger partial charge in [-0.2, -0.15) is 0 Å². The second-order valence-corrected chi connectivity index (χ2v) is 7.49. The van der Waals surface area contributed by atoms with Gasteiger partial charge in [0, 0.05) is 18.6 Å². The molecule has 0 aromatic carbocycles. The minimum atomic E-state index is -2.74. The second kappa shape index (κ2) is 4.63. The molecule has 5 heteroatoms. The van der Waals surface area contributed by atoms with Gasteiger partial charge in [-0.05, 0) is 38.6 Å². The van der Waals surface area contributed by atoms with Crippen LogP contribution in [0.15, 0.2) is 0 Å². The highest BCUT2D eigenvalue weighted by molar-refractivity contribution is 7.91. The van der Waals surface area contributed by atoms with Gasteiger partial charge >= 0.3 is 0 Å². The van der Waals surface area contributed by atoms with Crippen molar-refractivity contribution < 1.29 is 8.42 Å². The smallest absolute Gasteiger partial charge is 0.150 e. The molecule has 1 saturated heterocycles. The van der Waals surface area contributed by atoms with Crippen LogP contribution in [0.1, 0.15) is 25.7 Å². The Bertz CT molecular complexity index is 324. The number of hydrogen-bond donors (Lipinski definition) is 1. The van der Waals surface area contributed by atoms with Crippen LogP contribution in [-0.4, -0.2) is 50.5 Å². The molecule has 16 heavy (non-hydrogen) atoms. The van der Waals surface area contributed by atoms with Gasteiger partial charge in [0.05, 0.1) is 11.5 Å². The zero-order valence-corrected chi connectivity index (χ0v) is 10.7. The van der Waals surface area contributed by atoms with Crippen molar-refractivity contribution in [2.24, 2.45) is 11.7 Å². The quantitative estimate of drug-likeness (QED) is 0.771. The molecular formula is C11H22N2O2S. The van der Waals surface area contributed by atoms with E-state index in [1.54, 1.807) is 0 Å². The Kier molecular flexibility index (Phi) is 3.56. The molecule has 1 atom stereocenters. The average Bonchev–Trinajstić information content (AvgIpc) is 3.03. The van der Waals surface area contributed by atoms with Gasteiger partial charge in [-0.15, -0.1) is 0 Å². The van der Waals surface area contributed by atoms with Crippen molar-refractivity contribution in [1.29, 1.82) is 0 Å². The van der Waals surface area contributed by atoms with Crippen molar-refractivity contribution in [2.75, 3.05) is 25.1 Å². The van der Waals surface area contributed by atoms with Gasteiger partial charge in [-0.3, -0.25) is 4.90 Å². The summed E-state index contributed by atoms with van der Waals surface area (Å²) in [7, 11) is -0.635. The summed E-state index contributed by atoms with van der Waals surface area (Å²) in [5.74, 6) is 1.46. The van der Waals surface area contributed by atoms with Gasteiger partial charge in [0.2, 0.25) is 0 Å². The number of nitrogens with two attached hydrogens (primary N) is 1. The summed E-state index contributed by atoms with van der Waals surface area (Å²) >= 11 is 0. The van der Waals surface area contributed by atoms with E-state index >= 15 is 0 Å². The Morgan fingerprint density at radius 2 is 1.81 bits per heavy atom. The molecule has 4 nitrogen and oxygen atoms in total. The van der Waals surface area contributed by atoms with Gasteiger partial charge < -0.3 is 5.73 Å². The van der Waals surface area contributed by atoms with Gasteiger partial charge in [-0.25, -0.2) is 8.42 Å². The van der Waals surface area contributed by atoms with Crippen molar-refractivity contribution in [3.63, 3.8) is 0 Å². The normalized spacial score (nSPS) is 28.2. The summed E-state index contributed by atoms with van der Waals surface area (Å²) in [4.78, 5) is 2.34. The Morgan fingerprint density at radius 1 is 1.25 bits per heavy atom. The molecule has 1 aliphatic heterocycles. The van der Waals surface area contributed by atoms with Gasteiger partial charge in [0.15, 0.2) is 0 Å². The molecule has 2 N–H and O–H groups in total. The first-order valence-corrected chi connectivity index (χ1v) is 7.98. The zero-order valence-electron chi connectivity index (χ0n) is 9.93. The van der Waals surface area contributed by atoms with Crippen LogP contribution in [0.4, 0.5) is 0 Å². The molecule has 2 aliphatic rings. The first kappa shape index (κ1) is 12.3. The number of likely N-dealkylation sites (N-methyl/N-ethyl adjacent to an activating group) is 1. The monoisotopic (exact) mass is 246 g/mol. The Morgan fingerprint density at radius 3 is 2.25 bits per heavy atom. The van der Waals surface area contributed by atoms with E-state index in [-0.39, 0.29) is 0 Å². The number of nitrogens with zero attached hydrogens (tertiary/aromatic N) is 1. The molecule has 0 spiro atoms. The molecule has 1 heterocycles. The first-order chi connectivity index (χ1) is 7.53. The molecular weight excluding hydrogens is 224 g/mol. The third kappa shape index (κ3) is 2.76. The minimum absolute atomic E-state index is 0.351. The lowest BCUT2D eigenvalue weighted by Gasteiger charge is -2.36. The number of rotatable bonds is 4. The fourth-order valence-corrected chi connectivity index (χ4v) is 4.19. The Hall–Kier alpha value is -0.130. The highest BCUT2D eigenvalue weighted by Crippen LogP contribution is 2.36. The number of sulfone groups is 1. The maximum atomic E-state index is 11.4. The Balaban J connectivity index is 1.92. The van der Waals surface area contributed by atoms with E-state index in [9.17, 15) is 8.42 Å². The van der Waals surface area contributed by atoms with Crippen LogP contribution in [0.25, 0.3) is 0 Å². The summed E-state index contributed by atoms with van der Waals surface area (Å²) in [6.07, 6.45) is 4.14. The van der Waals surface area contributed by atoms with E-state index in [1.165, 1.54) is 12.8 Å². The van der Waals surface area contributed by atoms with E-state index in [1.807, 2.05) is 0 Å². The molecule has 0 radical (unpaired) electrons. The molecule has 0 aromatic heterocycles. The zero-order chi connectivity index (χ0) is 11.8. The first-order valence-electron chi connectivity index (χ1n) is 6.16. The lowest BCUT2D eigenvalue weighted by atomic mass is 10.1. The van der Waals surface area contributed by atoms with Crippen LogP contribution in [0.5, 0.6) is 0 Å². The summed E-state index contributed by atoms with van der Waals surface area (Å²) in [6, 6.07) is 0.878. The third-order valence-corrected chi connectivity index (χ3v) is 5.75. The van der Waals surface area contributed by atoms with Crippen LogP contribution in [0.3, 0.4) is 0 Å². The van der Waals surface area contributed by atoms with Crippen molar-refractivity contribution in [2.45, 2.75) is 37.8 Å². The minimum Gasteiger partial charge on any atom is -0.329 e. The maximum absolute atomic E-state index is 11.4. The standard InChI is InChI=1S/C11H22N2O2S/c1-13(11(8-12)9-2-3-9)10-4-6-16(14,15)7-5-10/h9-11H,2-8,12H2,1H3. The van der Waals surface area contributed by atoms with E-state index in [2.05, 4.69) is 11.9 Å². The highest BCUT2D eigenvalue weighted by Gasteiger charge is 2.37. The summed E-state index contributed by atoms with van der Waals surface area (Å²) in [5.41, 5.74) is 5.81. The van der Waals surface area contributed by atoms with Crippen LogP contribution < -0.4 is 5.73 Å². The molecule has 2 fully saturated rings. The van der Waals surface area contributed by atoms with Crippen LogP contribution in [0.2, 0.25) is 0 Å². The lowest BCUT2D eigenvalue weighted by Crippen LogP contribution is -2.48. The number of hydrogen-bond acceptors (Lipinski definition) is 4. The summed E-state index contributed by atoms with van der Waals surface area (Å²) in [6.45, 7) is 0.699. The van der Waals surface area contributed by atoms with E-state index in [4.69, 9.17) is 5.73 Å². The summed E-state index contributed by atoms with van der Waals surface area (Å²) < 4.78 is 22.7. The maximum Gasteiger partial charge on any atom is 0.150 e. The van der Waals surface area contributed by atoms with Crippen LogP contribution in [-0.2, 0) is 9.84 Å². The van der Waals surface area contributed by atoms with E-state index < -0.39 is 9.84 Å². The highest BCUT2D eigenvalue weighted by atomic mass is 32.2. The molecule has 94 valence electrons. The summed E-state index contributed by atoms with van der Waals surface area (Å²) in [5, 5.41) is 0. The van der Waals surface area contributed by atoms with E-state index in [0.717, 1.165) is 18.8 Å². The predicted octanol–water partition coefficient (Wildman–Crippen LogP) is 0.233. The van der Waals surface area contributed by atoms with Crippen molar-refractivity contribution >= 4 is 9.84 Å².